The van der Waals surface area contributed by atoms with Crippen molar-refractivity contribution in [1.29, 1.82) is 0 Å². The van der Waals surface area contributed by atoms with Gasteiger partial charge in [-0.3, -0.25) is 9.36 Å². The molecule has 0 radical (unpaired) electrons. The van der Waals surface area contributed by atoms with Crippen molar-refractivity contribution in [3.63, 3.8) is 0 Å². The van der Waals surface area contributed by atoms with Crippen LogP contribution in [-0.2, 0) is 19.4 Å². The lowest BCUT2D eigenvalue weighted by Gasteiger charge is -2.10. The van der Waals surface area contributed by atoms with Crippen LogP contribution < -0.4 is 11.2 Å². The molecule has 0 spiro atoms. The van der Waals surface area contributed by atoms with Gasteiger partial charge in [-0.15, -0.1) is 6.58 Å². The molecule has 2 aromatic rings. The Labute approximate surface area is 117 Å². The van der Waals surface area contributed by atoms with E-state index in [1.54, 1.807) is 6.08 Å². The van der Waals surface area contributed by atoms with E-state index < -0.39 is 0 Å². The van der Waals surface area contributed by atoms with Crippen molar-refractivity contribution in [3.8, 4) is 0 Å². The van der Waals surface area contributed by atoms with Gasteiger partial charge in [0.2, 0.25) is 0 Å². The van der Waals surface area contributed by atoms with E-state index in [0.717, 1.165) is 5.56 Å². The van der Waals surface area contributed by atoms with E-state index >= 15 is 0 Å². The normalized spacial score (nSPS) is 10.4. The van der Waals surface area contributed by atoms with Gasteiger partial charge in [0.1, 0.15) is 0 Å². The Balaban J connectivity index is 2.52. The molecule has 4 heteroatoms. The van der Waals surface area contributed by atoms with Crippen molar-refractivity contribution in [2.75, 3.05) is 0 Å². The molecule has 0 unspecified atom stereocenters. The smallest absolute Gasteiger partial charge is 0.310 e. The van der Waals surface area contributed by atoms with Crippen molar-refractivity contribution in [1.82, 2.24) is 9.55 Å². The molecular weight excluding hydrogens is 252 g/mol. The maximum absolute atomic E-state index is 12.3. The second-order valence-electron chi connectivity index (χ2n) is 4.61. The molecule has 0 aliphatic rings. The van der Waals surface area contributed by atoms with Crippen LogP contribution in [0.25, 0.3) is 0 Å². The van der Waals surface area contributed by atoms with Gasteiger partial charge in [-0.1, -0.05) is 43.3 Å². The number of aromatic amines is 1. The minimum Gasteiger partial charge on any atom is -0.310 e. The Morgan fingerprint density at radius 2 is 1.95 bits per heavy atom. The van der Waals surface area contributed by atoms with E-state index in [2.05, 4.69) is 11.6 Å². The van der Waals surface area contributed by atoms with E-state index in [4.69, 9.17) is 0 Å². The molecule has 0 amide bonds. The second kappa shape index (κ2) is 6.19. The number of hydrogen-bond donors (Lipinski definition) is 1. The number of rotatable bonds is 5. The Bertz CT molecular complexity index is 711. The number of nitrogens with one attached hydrogen (secondary N) is 1. The fourth-order valence-corrected chi connectivity index (χ4v) is 2.27. The third kappa shape index (κ3) is 2.79. The van der Waals surface area contributed by atoms with Gasteiger partial charge in [-0.05, 0) is 12.0 Å². The molecule has 1 aromatic carbocycles. The van der Waals surface area contributed by atoms with Crippen LogP contribution in [0.15, 0.2) is 52.6 Å². The summed E-state index contributed by atoms with van der Waals surface area (Å²) in [7, 11) is 0. The predicted octanol–water partition coefficient (Wildman–Crippen LogP) is 1.88. The number of H-pyrrole nitrogens is 1. The Kier molecular flexibility index (Phi) is 4.35. The van der Waals surface area contributed by atoms with Crippen LogP contribution >= 0.6 is 0 Å². The summed E-state index contributed by atoms with van der Waals surface area (Å²) < 4.78 is 1.18. The van der Waals surface area contributed by atoms with E-state index in [-0.39, 0.29) is 17.8 Å². The summed E-state index contributed by atoms with van der Waals surface area (Å²) in [6.45, 7) is 5.72. The van der Waals surface area contributed by atoms with Gasteiger partial charge in [0, 0.05) is 24.2 Å². The monoisotopic (exact) mass is 270 g/mol. The lowest BCUT2D eigenvalue weighted by molar-refractivity contribution is 0.686. The number of aromatic nitrogens is 2. The van der Waals surface area contributed by atoms with Crippen LogP contribution in [0.2, 0.25) is 0 Å². The highest BCUT2D eigenvalue weighted by Gasteiger charge is 2.12. The summed E-state index contributed by atoms with van der Waals surface area (Å²) in [6.07, 6.45) is 2.70. The molecule has 20 heavy (non-hydrogen) atoms. The third-order valence-electron chi connectivity index (χ3n) is 3.26. The highest BCUT2D eigenvalue weighted by Crippen LogP contribution is 2.08. The average molecular weight is 270 g/mol. The molecule has 1 aromatic heterocycles. The van der Waals surface area contributed by atoms with Crippen molar-refractivity contribution in [2.24, 2.45) is 0 Å². The minimum absolute atomic E-state index is 0.220. The lowest BCUT2D eigenvalue weighted by atomic mass is 10.0. The number of allylic oxidation sites excluding steroid dienone is 1. The highest BCUT2D eigenvalue weighted by atomic mass is 16.2. The molecule has 104 valence electrons. The quantitative estimate of drug-likeness (QED) is 0.843. The molecule has 2 rings (SSSR count). The van der Waals surface area contributed by atoms with Crippen molar-refractivity contribution < 1.29 is 0 Å². The summed E-state index contributed by atoms with van der Waals surface area (Å²) in [4.78, 5) is 27.1. The molecule has 0 aliphatic heterocycles. The first-order chi connectivity index (χ1) is 9.67. The van der Waals surface area contributed by atoms with Gasteiger partial charge in [-0.25, -0.2) is 4.79 Å². The van der Waals surface area contributed by atoms with Crippen LogP contribution in [0.1, 0.15) is 23.7 Å². The zero-order valence-corrected chi connectivity index (χ0v) is 11.6. The Morgan fingerprint density at radius 3 is 2.55 bits per heavy atom. The molecule has 0 atom stereocenters. The topological polar surface area (TPSA) is 54.9 Å². The molecule has 0 saturated carbocycles. The highest BCUT2D eigenvalue weighted by molar-refractivity contribution is 5.26. The SMILES string of the molecule is C=CCn1c(=O)[nH]c(Cc2ccccc2)c(CC)c1=O. The standard InChI is InChI=1S/C16H18N2O2/c1-3-10-18-15(19)13(4-2)14(17-16(18)20)11-12-8-6-5-7-9-12/h3,5-9H,1,4,10-11H2,2H3,(H,17,20). The molecule has 0 bridgehead atoms. The maximum atomic E-state index is 12.3. The van der Waals surface area contributed by atoms with Gasteiger partial charge in [0.25, 0.3) is 5.56 Å². The van der Waals surface area contributed by atoms with Crippen LogP contribution in [-0.4, -0.2) is 9.55 Å². The second-order valence-corrected chi connectivity index (χ2v) is 4.61. The van der Waals surface area contributed by atoms with E-state index in [1.165, 1.54) is 4.57 Å². The summed E-state index contributed by atoms with van der Waals surface area (Å²) in [5.74, 6) is 0. The molecular formula is C16H18N2O2. The Morgan fingerprint density at radius 1 is 1.25 bits per heavy atom. The summed E-state index contributed by atoms with van der Waals surface area (Å²) in [5.41, 5.74) is 1.84. The first-order valence-corrected chi connectivity index (χ1v) is 6.67. The molecule has 0 aliphatic carbocycles. The summed E-state index contributed by atoms with van der Waals surface area (Å²) in [5, 5.41) is 0. The first-order valence-electron chi connectivity index (χ1n) is 6.67. The Hall–Kier alpha value is -2.36. The lowest BCUT2D eigenvalue weighted by Crippen LogP contribution is -2.38. The van der Waals surface area contributed by atoms with Crippen molar-refractivity contribution >= 4 is 0 Å². The first kappa shape index (κ1) is 14.1. The van der Waals surface area contributed by atoms with E-state index in [0.29, 0.717) is 24.1 Å². The fourth-order valence-electron chi connectivity index (χ4n) is 2.27. The third-order valence-corrected chi connectivity index (χ3v) is 3.26. The van der Waals surface area contributed by atoms with Gasteiger partial charge in [-0.2, -0.15) is 0 Å². The number of nitrogens with zero attached hydrogens (tertiary/aromatic N) is 1. The molecule has 1 N–H and O–H groups in total. The summed E-state index contributed by atoms with van der Waals surface area (Å²) in [6, 6.07) is 9.78. The predicted molar refractivity (Wildman–Crippen MR) is 80.1 cm³/mol. The molecule has 0 saturated heterocycles. The number of benzene rings is 1. The zero-order valence-electron chi connectivity index (χ0n) is 11.6. The molecule has 0 fully saturated rings. The van der Waals surface area contributed by atoms with Crippen molar-refractivity contribution in [3.05, 3.63) is 80.6 Å². The summed E-state index contributed by atoms with van der Waals surface area (Å²) >= 11 is 0. The van der Waals surface area contributed by atoms with Crippen LogP contribution in [0.3, 0.4) is 0 Å². The van der Waals surface area contributed by atoms with Crippen LogP contribution in [0, 0.1) is 0 Å². The van der Waals surface area contributed by atoms with Gasteiger partial charge >= 0.3 is 5.69 Å². The van der Waals surface area contributed by atoms with Crippen molar-refractivity contribution in [2.45, 2.75) is 26.3 Å². The molecule has 1 heterocycles. The van der Waals surface area contributed by atoms with E-state index in [1.807, 2.05) is 37.3 Å². The van der Waals surface area contributed by atoms with Gasteiger partial charge in [0.05, 0.1) is 0 Å². The van der Waals surface area contributed by atoms with Crippen LogP contribution in [0.5, 0.6) is 0 Å². The van der Waals surface area contributed by atoms with Gasteiger partial charge < -0.3 is 4.98 Å². The fraction of sp³-hybridized carbons (Fsp3) is 0.250. The largest absolute Gasteiger partial charge is 0.328 e. The van der Waals surface area contributed by atoms with Gasteiger partial charge in [0.15, 0.2) is 0 Å². The minimum atomic E-state index is -0.377. The van der Waals surface area contributed by atoms with Crippen LogP contribution in [0.4, 0.5) is 0 Å². The van der Waals surface area contributed by atoms with E-state index in [9.17, 15) is 9.59 Å². The number of hydrogen-bond acceptors (Lipinski definition) is 2. The average Bonchev–Trinajstić information content (AvgIpc) is 2.45. The maximum Gasteiger partial charge on any atom is 0.328 e. The molecule has 4 nitrogen and oxygen atoms in total. The zero-order chi connectivity index (χ0) is 14.5.